The number of fused-ring (bicyclic) bond motifs is 3. The molecule has 0 spiro atoms. The van der Waals surface area contributed by atoms with Crippen molar-refractivity contribution in [2.45, 2.75) is 26.3 Å². The van der Waals surface area contributed by atoms with Crippen LogP contribution in [0.1, 0.15) is 32.1 Å². The van der Waals surface area contributed by atoms with Crippen LogP contribution in [0.3, 0.4) is 0 Å². The molecule has 4 aromatic rings. The Labute approximate surface area is 179 Å². The minimum Gasteiger partial charge on any atom is -0.314 e. The Bertz CT molecular complexity index is 1270. The van der Waals surface area contributed by atoms with E-state index in [1.54, 1.807) is 24.9 Å². The van der Waals surface area contributed by atoms with E-state index in [4.69, 9.17) is 4.98 Å². The van der Waals surface area contributed by atoms with E-state index in [-0.39, 0.29) is 6.04 Å². The van der Waals surface area contributed by atoms with Crippen LogP contribution in [0.25, 0.3) is 28.5 Å². The van der Waals surface area contributed by atoms with Crippen molar-refractivity contribution >= 4 is 5.82 Å². The highest BCUT2D eigenvalue weighted by atomic mass is 15.4. The van der Waals surface area contributed by atoms with Gasteiger partial charge < -0.3 is 4.90 Å². The average molecular weight is 411 g/mol. The van der Waals surface area contributed by atoms with Gasteiger partial charge in [0.15, 0.2) is 17.5 Å². The number of aromatic amines is 1. The van der Waals surface area contributed by atoms with Crippen molar-refractivity contribution in [1.82, 2.24) is 39.9 Å². The summed E-state index contributed by atoms with van der Waals surface area (Å²) in [7, 11) is 0. The summed E-state index contributed by atoms with van der Waals surface area (Å²) < 4.78 is 1.95. The van der Waals surface area contributed by atoms with Gasteiger partial charge in [0.25, 0.3) is 0 Å². The summed E-state index contributed by atoms with van der Waals surface area (Å²) in [4.78, 5) is 16.2. The van der Waals surface area contributed by atoms with Gasteiger partial charge in [0.1, 0.15) is 12.0 Å². The highest BCUT2D eigenvalue weighted by Crippen LogP contribution is 2.41. The molecule has 0 saturated carbocycles. The molecule has 0 aliphatic carbocycles. The minimum absolute atomic E-state index is 0.0263. The lowest BCUT2D eigenvalue weighted by Crippen LogP contribution is -2.34. The zero-order valence-electron chi connectivity index (χ0n) is 17.3. The van der Waals surface area contributed by atoms with E-state index in [1.165, 1.54) is 0 Å². The second-order valence-electron chi connectivity index (χ2n) is 7.05. The van der Waals surface area contributed by atoms with Crippen LogP contribution in [0.2, 0.25) is 0 Å². The van der Waals surface area contributed by atoms with Gasteiger partial charge in [0.2, 0.25) is 0 Å². The van der Waals surface area contributed by atoms with Crippen molar-refractivity contribution in [1.29, 1.82) is 0 Å². The van der Waals surface area contributed by atoms with E-state index in [2.05, 4.69) is 48.8 Å². The van der Waals surface area contributed by atoms with Crippen LogP contribution in [0.15, 0.2) is 67.5 Å². The van der Waals surface area contributed by atoms with Crippen LogP contribution < -0.4 is 4.90 Å². The number of pyridine rings is 1. The second-order valence-corrected chi connectivity index (χ2v) is 7.05. The number of H-pyrrole nitrogens is 1. The molecule has 1 aliphatic heterocycles. The number of hydrogen-bond acceptors (Lipinski definition) is 7. The van der Waals surface area contributed by atoms with E-state index in [9.17, 15) is 0 Å². The Morgan fingerprint density at radius 2 is 2.16 bits per heavy atom. The molecule has 4 aromatic heterocycles. The second kappa shape index (κ2) is 7.60. The summed E-state index contributed by atoms with van der Waals surface area (Å²) in [5, 5.41) is 15.8. The van der Waals surface area contributed by atoms with Crippen LogP contribution >= 0.6 is 0 Å². The van der Waals surface area contributed by atoms with Crippen LogP contribution in [-0.4, -0.2) is 39.9 Å². The molecule has 31 heavy (non-hydrogen) atoms. The summed E-state index contributed by atoms with van der Waals surface area (Å²) in [6, 6.07) is 5.71. The molecule has 0 fully saturated rings. The quantitative estimate of drug-likeness (QED) is 0.497. The van der Waals surface area contributed by atoms with Crippen molar-refractivity contribution < 1.29 is 0 Å². The first-order valence-electron chi connectivity index (χ1n) is 10.1. The van der Waals surface area contributed by atoms with E-state index in [0.717, 1.165) is 46.4 Å². The van der Waals surface area contributed by atoms with Crippen molar-refractivity contribution in [3.8, 4) is 28.5 Å². The first-order valence-corrected chi connectivity index (χ1v) is 10.1. The predicted molar refractivity (Wildman–Crippen MR) is 117 cm³/mol. The molecule has 0 radical (unpaired) electrons. The molecule has 1 atom stereocenters. The van der Waals surface area contributed by atoms with Gasteiger partial charge in [0, 0.05) is 11.9 Å². The minimum atomic E-state index is -0.0263. The molecule has 0 saturated heterocycles. The lowest BCUT2D eigenvalue weighted by atomic mass is 10.1. The number of hydrogen-bond donors (Lipinski definition) is 1. The summed E-state index contributed by atoms with van der Waals surface area (Å²) in [6.45, 7) is 8.11. The Morgan fingerprint density at radius 1 is 1.26 bits per heavy atom. The molecule has 0 amide bonds. The first kappa shape index (κ1) is 18.9. The summed E-state index contributed by atoms with van der Waals surface area (Å²) in [5.41, 5.74) is 4.10. The molecule has 9 heteroatoms. The Hall–Kier alpha value is -4.14. The van der Waals surface area contributed by atoms with Crippen molar-refractivity contribution in [2.75, 3.05) is 4.90 Å². The normalized spacial score (nSPS) is 15.5. The third-order valence-electron chi connectivity index (χ3n) is 5.39. The average Bonchev–Trinajstić information content (AvgIpc) is 3.50. The summed E-state index contributed by atoms with van der Waals surface area (Å²) >= 11 is 0. The number of aromatic nitrogens is 8. The largest absolute Gasteiger partial charge is 0.314 e. The molecule has 5 rings (SSSR count). The number of nitrogens with one attached hydrogen (secondary N) is 1. The fourth-order valence-corrected chi connectivity index (χ4v) is 3.95. The topological polar surface area (TPSA) is 101 Å². The van der Waals surface area contributed by atoms with Crippen LogP contribution in [-0.2, 0) is 0 Å². The first-order chi connectivity index (χ1) is 15.3. The number of allylic oxidation sites excluding steroid dienone is 2. The third kappa shape index (κ3) is 2.93. The molecule has 5 heterocycles. The van der Waals surface area contributed by atoms with E-state index in [0.29, 0.717) is 5.82 Å². The number of nitrogens with zero attached hydrogens (tertiary/aromatic N) is 8. The summed E-state index contributed by atoms with van der Waals surface area (Å²) in [6.07, 6.45) is 11.7. The Kier molecular flexibility index (Phi) is 4.62. The number of rotatable bonds is 5. The van der Waals surface area contributed by atoms with E-state index >= 15 is 0 Å². The zero-order chi connectivity index (χ0) is 21.4. The molecular formula is C22H21N9. The fraction of sp³-hybridized carbons (Fsp3) is 0.182. The fourth-order valence-electron chi connectivity index (χ4n) is 3.95. The van der Waals surface area contributed by atoms with Crippen molar-refractivity contribution in [3.63, 3.8) is 0 Å². The molecule has 9 nitrogen and oxygen atoms in total. The van der Waals surface area contributed by atoms with Gasteiger partial charge in [-0.1, -0.05) is 25.6 Å². The van der Waals surface area contributed by atoms with Gasteiger partial charge in [-0.25, -0.2) is 9.97 Å². The highest BCUT2D eigenvalue weighted by molar-refractivity contribution is 5.77. The molecule has 1 N–H and O–H groups in total. The van der Waals surface area contributed by atoms with Gasteiger partial charge in [-0.15, -0.1) is 10.2 Å². The van der Waals surface area contributed by atoms with Gasteiger partial charge in [0.05, 0.1) is 35.4 Å². The van der Waals surface area contributed by atoms with E-state index in [1.807, 2.05) is 41.8 Å². The molecular weight excluding hydrogens is 390 g/mol. The standard InChI is InChI=1S/C22H21N9/c1-4-14(5-2)31-17(6-3)22-29-26-13-30(22)18-12-24-20(27-21(18)31)15-11-25-28-19(15)16-9-7-8-10-23-16/h4-5,7-13,17H,1,6H2,2-3H3,(H,25,28)/b14-5+. The molecule has 154 valence electrons. The SMILES string of the molecule is C=C/C(=C\C)N1c2nc(-c3cn[nH]c3-c3ccccn3)ncc2-n2cnnc2C1CC. The van der Waals surface area contributed by atoms with Crippen LogP contribution in [0.4, 0.5) is 5.82 Å². The van der Waals surface area contributed by atoms with Crippen molar-refractivity contribution in [2.24, 2.45) is 0 Å². The maximum Gasteiger partial charge on any atom is 0.165 e. The molecule has 0 bridgehead atoms. The molecule has 1 unspecified atom stereocenters. The molecule has 1 aliphatic rings. The summed E-state index contributed by atoms with van der Waals surface area (Å²) in [5.74, 6) is 2.18. The van der Waals surface area contributed by atoms with Gasteiger partial charge in [-0.05, 0) is 31.6 Å². The maximum atomic E-state index is 4.98. The van der Waals surface area contributed by atoms with Gasteiger partial charge in [-0.3, -0.25) is 14.6 Å². The van der Waals surface area contributed by atoms with Gasteiger partial charge in [-0.2, -0.15) is 5.10 Å². The Morgan fingerprint density at radius 3 is 2.90 bits per heavy atom. The van der Waals surface area contributed by atoms with E-state index < -0.39 is 0 Å². The smallest absolute Gasteiger partial charge is 0.165 e. The van der Waals surface area contributed by atoms with Crippen molar-refractivity contribution in [3.05, 3.63) is 73.4 Å². The van der Waals surface area contributed by atoms with Gasteiger partial charge >= 0.3 is 0 Å². The molecule has 0 aromatic carbocycles. The zero-order valence-corrected chi connectivity index (χ0v) is 17.3. The highest BCUT2D eigenvalue weighted by Gasteiger charge is 2.35. The lowest BCUT2D eigenvalue weighted by molar-refractivity contribution is 0.577. The monoisotopic (exact) mass is 411 g/mol. The predicted octanol–water partition coefficient (Wildman–Crippen LogP) is 3.87. The maximum absolute atomic E-state index is 4.98. The lowest BCUT2D eigenvalue weighted by Gasteiger charge is -2.37. The van der Waals surface area contributed by atoms with Crippen LogP contribution in [0, 0.1) is 0 Å². The Balaban J connectivity index is 1.71. The number of anilines is 1. The third-order valence-corrected chi connectivity index (χ3v) is 5.39. The van der Waals surface area contributed by atoms with Crippen LogP contribution in [0.5, 0.6) is 0 Å².